The van der Waals surface area contributed by atoms with Crippen molar-refractivity contribution in [2.45, 2.75) is 39.3 Å². The summed E-state index contributed by atoms with van der Waals surface area (Å²) in [6.45, 7) is 3.33. The van der Waals surface area contributed by atoms with E-state index in [1.807, 2.05) is 31.3 Å². The predicted molar refractivity (Wildman–Crippen MR) is 106 cm³/mol. The molecule has 30 heavy (non-hydrogen) atoms. The van der Waals surface area contributed by atoms with Crippen molar-refractivity contribution in [2.24, 2.45) is 0 Å². The molecule has 1 aliphatic carbocycles. The molecule has 1 fully saturated rings. The van der Waals surface area contributed by atoms with Crippen molar-refractivity contribution in [1.29, 1.82) is 5.26 Å². The Kier molecular flexibility index (Phi) is 6.37. The molecule has 0 atom stereocenters. The summed E-state index contributed by atoms with van der Waals surface area (Å²) in [7, 11) is 0. The number of esters is 1. The third-order valence-corrected chi connectivity index (χ3v) is 4.67. The lowest BCUT2D eigenvalue weighted by Crippen LogP contribution is -2.41. The molecule has 3 amide bonds. The first kappa shape index (κ1) is 20.9. The van der Waals surface area contributed by atoms with Gasteiger partial charge in [-0.2, -0.15) is 5.26 Å². The van der Waals surface area contributed by atoms with Crippen molar-refractivity contribution in [1.82, 2.24) is 15.2 Å². The van der Waals surface area contributed by atoms with Gasteiger partial charge in [0.05, 0.1) is 12.8 Å². The average molecular weight is 410 g/mol. The highest BCUT2D eigenvalue weighted by Gasteiger charge is 2.27. The first-order valence-electron chi connectivity index (χ1n) is 9.46. The van der Waals surface area contributed by atoms with E-state index < -0.39 is 24.5 Å². The summed E-state index contributed by atoms with van der Waals surface area (Å²) in [6.07, 6.45) is 5.16. The summed E-state index contributed by atoms with van der Waals surface area (Å²) in [5.41, 5.74) is 2.57. The molecule has 0 aromatic carbocycles. The number of nitrogens with zero attached hydrogens (tertiary/aromatic N) is 2. The Morgan fingerprint density at radius 1 is 1.37 bits per heavy atom. The SMILES string of the molecule is Cc1cc(/C=C(\C#N)C(=O)OCC(=O)NC(=O)NCc2ccco2)c(C)n1C1CC1. The number of urea groups is 1. The van der Waals surface area contributed by atoms with Crippen LogP contribution in [0.3, 0.4) is 0 Å². The summed E-state index contributed by atoms with van der Waals surface area (Å²) >= 11 is 0. The minimum atomic E-state index is -0.931. The van der Waals surface area contributed by atoms with Crippen molar-refractivity contribution in [3.8, 4) is 6.07 Å². The number of aromatic nitrogens is 1. The van der Waals surface area contributed by atoms with Crippen LogP contribution < -0.4 is 10.6 Å². The van der Waals surface area contributed by atoms with E-state index in [2.05, 4.69) is 9.88 Å². The average Bonchev–Trinajstić information content (AvgIpc) is 3.31. The number of nitriles is 1. The van der Waals surface area contributed by atoms with E-state index >= 15 is 0 Å². The summed E-state index contributed by atoms with van der Waals surface area (Å²) in [6, 6.07) is 6.78. The molecule has 0 radical (unpaired) electrons. The smallest absolute Gasteiger partial charge is 0.349 e. The van der Waals surface area contributed by atoms with Crippen molar-refractivity contribution in [3.63, 3.8) is 0 Å². The maximum atomic E-state index is 12.2. The Morgan fingerprint density at radius 3 is 2.77 bits per heavy atom. The maximum absolute atomic E-state index is 12.2. The van der Waals surface area contributed by atoms with Gasteiger partial charge in [-0.1, -0.05) is 0 Å². The van der Waals surface area contributed by atoms with Gasteiger partial charge in [-0.15, -0.1) is 0 Å². The monoisotopic (exact) mass is 410 g/mol. The molecule has 9 heteroatoms. The molecule has 0 bridgehead atoms. The molecule has 3 rings (SSSR count). The normalized spacial score (nSPS) is 13.4. The zero-order valence-corrected chi connectivity index (χ0v) is 16.7. The Morgan fingerprint density at radius 2 is 2.13 bits per heavy atom. The van der Waals surface area contributed by atoms with E-state index in [9.17, 15) is 19.6 Å². The number of amides is 3. The molecular formula is C21H22N4O5. The third-order valence-electron chi connectivity index (χ3n) is 4.67. The second-order valence-electron chi connectivity index (χ2n) is 6.98. The van der Waals surface area contributed by atoms with Gasteiger partial charge in [0.1, 0.15) is 17.4 Å². The lowest BCUT2D eigenvalue weighted by molar-refractivity contribution is -0.144. The summed E-state index contributed by atoms with van der Waals surface area (Å²) in [5, 5.41) is 13.8. The van der Waals surface area contributed by atoms with E-state index in [1.165, 1.54) is 12.3 Å². The van der Waals surface area contributed by atoms with Crippen LogP contribution in [0.5, 0.6) is 0 Å². The van der Waals surface area contributed by atoms with E-state index in [1.54, 1.807) is 12.1 Å². The summed E-state index contributed by atoms with van der Waals surface area (Å²) in [4.78, 5) is 35.6. The Balaban J connectivity index is 1.52. The molecule has 2 aromatic rings. The third kappa shape index (κ3) is 5.17. The Labute approximate surface area is 173 Å². The van der Waals surface area contributed by atoms with Gasteiger partial charge in [0, 0.05) is 17.4 Å². The number of nitrogens with one attached hydrogen (secondary N) is 2. The lowest BCUT2D eigenvalue weighted by Gasteiger charge is -2.07. The molecule has 0 aliphatic heterocycles. The first-order chi connectivity index (χ1) is 14.4. The van der Waals surface area contributed by atoms with Crippen LogP contribution >= 0.6 is 0 Å². The van der Waals surface area contributed by atoms with Crippen LogP contribution in [0.1, 0.15) is 41.6 Å². The van der Waals surface area contributed by atoms with Gasteiger partial charge >= 0.3 is 12.0 Å². The predicted octanol–water partition coefficient (Wildman–Crippen LogP) is 2.51. The number of ether oxygens (including phenoxy) is 1. The molecule has 0 unspecified atom stereocenters. The molecule has 2 N–H and O–H groups in total. The minimum Gasteiger partial charge on any atom is -0.467 e. The molecule has 1 saturated carbocycles. The summed E-state index contributed by atoms with van der Waals surface area (Å²) in [5.74, 6) is -1.22. The number of furan rings is 1. The number of carbonyl (C=O) groups is 3. The number of aryl methyl sites for hydroxylation is 1. The van der Waals surface area contributed by atoms with Gasteiger partial charge < -0.3 is 19.0 Å². The fourth-order valence-corrected chi connectivity index (χ4v) is 3.13. The lowest BCUT2D eigenvalue weighted by atomic mass is 10.1. The van der Waals surface area contributed by atoms with Crippen molar-refractivity contribution >= 4 is 24.0 Å². The first-order valence-corrected chi connectivity index (χ1v) is 9.46. The van der Waals surface area contributed by atoms with Crippen LogP contribution in [0, 0.1) is 25.2 Å². The van der Waals surface area contributed by atoms with Crippen LogP contribution in [0.2, 0.25) is 0 Å². The van der Waals surface area contributed by atoms with Crippen LogP contribution in [-0.4, -0.2) is 29.1 Å². The number of carbonyl (C=O) groups excluding carboxylic acids is 3. The number of rotatable bonds is 7. The largest absolute Gasteiger partial charge is 0.467 e. The van der Waals surface area contributed by atoms with Gasteiger partial charge in [-0.3, -0.25) is 10.1 Å². The van der Waals surface area contributed by atoms with E-state index in [-0.39, 0.29) is 12.1 Å². The number of hydrogen-bond acceptors (Lipinski definition) is 6. The highest BCUT2D eigenvalue weighted by atomic mass is 16.5. The van der Waals surface area contributed by atoms with Gasteiger partial charge in [-0.25, -0.2) is 9.59 Å². The minimum absolute atomic E-state index is 0.104. The zero-order valence-electron chi connectivity index (χ0n) is 16.7. The molecule has 0 saturated heterocycles. The van der Waals surface area contributed by atoms with Gasteiger partial charge in [0.2, 0.25) is 0 Å². The van der Waals surface area contributed by atoms with Crippen molar-refractivity contribution in [2.75, 3.05) is 6.61 Å². The Bertz CT molecular complexity index is 1020. The van der Waals surface area contributed by atoms with Crippen LogP contribution in [0.25, 0.3) is 6.08 Å². The van der Waals surface area contributed by atoms with Crippen LogP contribution in [0.4, 0.5) is 4.79 Å². The van der Waals surface area contributed by atoms with Crippen LogP contribution in [-0.2, 0) is 20.9 Å². The zero-order chi connectivity index (χ0) is 21.7. The molecule has 1 aliphatic rings. The molecular weight excluding hydrogens is 388 g/mol. The second kappa shape index (κ2) is 9.13. The number of hydrogen-bond donors (Lipinski definition) is 2. The van der Waals surface area contributed by atoms with Crippen molar-refractivity contribution in [3.05, 3.63) is 52.7 Å². The van der Waals surface area contributed by atoms with Gasteiger partial charge in [0.15, 0.2) is 6.61 Å². The standard InChI is InChI=1S/C21H22N4O5/c1-13-8-15(14(2)25(13)17-5-6-17)9-16(10-22)20(27)30-12-19(26)24-21(28)23-11-18-4-3-7-29-18/h3-4,7-9,17H,5-6,11-12H2,1-2H3,(H2,23,24,26,28)/b16-9+. The van der Waals surface area contributed by atoms with E-state index in [4.69, 9.17) is 9.15 Å². The van der Waals surface area contributed by atoms with E-state index in [0.717, 1.165) is 29.8 Å². The molecule has 156 valence electrons. The quantitative estimate of drug-likeness (QED) is 0.410. The van der Waals surface area contributed by atoms with Gasteiger partial charge in [-0.05, 0) is 56.5 Å². The maximum Gasteiger partial charge on any atom is 0.349 e. The second-order valence-corrected chi connectivity index (χ2v) is 6.98. The fraction of sp³-hybridized carbons (Fsp3) is 0.333. The topological polar surface area (TPSA) is 126 Å². The molecule has 0 spiro atoms. The molecule has 2 aromatic heterocycles. The van der Waals surface area contributed by atoms with Crippen LogP contribution in [0.15, 0.2) is 34.5 Å². The number of imide groups is 1. The Hall–Kier alpha value is -3.80. The highest BCUT2D eigenvalue weighted by Crippen LogP contribution is 2.38. The molecule has 9 nitrogen and oxygen atoms in total. The fourth-order valence-electron chi connectivity index (χ4n) is 3.13. The molecule has 2 heterocycles. The van der Waals surface area contributed by atoms with Gasteiger partial charge in [0.25, 0.3) is 5.91 Å². The summed E-state index contributed by atoms with van der Waals surface area (Å²) < 4.78 is 12.1. The van der Waals surface area contributed by atoms with Crippen molar-refractivity contribution < 1.29 is 23.5 Å². The highest BCUT2D eigenvalue weighted by molar-refractivity contribution is 6.00. The van der Waals surface area contributed by atoms with E-state index in [0.29, 0.717) is 11.8 Å².